The second kappa shape index (κ2) is 9.93. The highest BCUT2D eigenvalue weighted by Crippen LogP contribution is 2.26. The van der Waals surface area contributed by atoms with Crippen LogP contribution in [0, 0.1) is 5.41 Å². The highest BCUT2D eigenvalue weighted by Gasteiger charge is 2.25. The molecule has 1 heterocycles. The van der Waals surface area contributed by atoms with Gasteiger partial charge in [0.2, 0.25) is 11.8 Å². The highest BCUT2D eigenvalue weighted by molar-refractivity contribution is 6.02. The molecular formula is C22H34N4O4. The Morgan fingerprint density at radius 2 is 1.67 bits per heavy atom. The van der Waals surface area contributed by atoms with Crippen molar-refractivity contribution in [2.45, 2.75) is 34.6 Å². The van der Waals surface area contributed by atoms with Crippen molar-refractivity contribution in [3.63, 3.8) is 0 Å². The number of aromatic carboxylic acids is 1. The summed E-state index contributed by atoms with van der Waals surface area (Å²) in [5.41, 5.74) is 0.558. The number of carbonyl (C=O) groups excluding carboxylic acids is 2. The van der Waals surface area contributed by atoms with Gasteiger partial charge < -0.3 is 20.2 Å². The molecule has 0 aliphatic carbocycles. The number of hydrogen-bond acceptors (Lipinski definition) is 5. The first-order valence-electron chi connectivity index (χ1n) is 10.5. The molecule has 8 heteroatoms. The minimum atomic E-state index is -1.08. The third kappa shape index (κ3) is 5.95. The van der Waals surface area contributed by atoms with Gasteiger partial charge in [-0.25, -0.2) is 4.79 Å². The molecule has 30 heavy (non-hydrogen) atoms. The summed E-state index contributed by atoms with van der Waals surface area (Å²) in [5.74, 6) is -1.17. The van der Waals surface area contributed by atoms with Gasteiger partial charge >= 0.3 is 5.97 Å². The van der Waals surface area contributed by atoms with Gasteiger partial charge in [0, 0.05) is 50.4 Å². The Hall–Kier alpha value is -2.61. The molecule has 0 bridgehead atoms. The van der Waals surface area contributed by atoms with E-state index < -0.39 is 11.4 Å². The van der Waals surface area contributed by atoms with Gasteiger partial charge in [0.25, 0.3) is 0 Å². The zero-order valence-electron chi connectivity index (χ0n) is 18.7. The SMILES string of the molecule is CCN(CC)C(=O)CN1CCN(c2ccc(NC(=O)C(C)(C)C)c(C(=O)O)c2)CC1. The summed E-state index contributed by atoms with van der Waals surface area (Å²) in [4.78, 5) is 42.4. The summed E-state index contributed by atoms with van der Waals surface area (Å²) < 4.78 is 0. The first kappa shape index (κ1) is 23.7. The Kier molecular flexibility index (Phi) is 7.83. The lowest BCUT2D eigenvalue weighted by molar-refractivity contribution is -0.132. The Bertz CT molecular complexity index is 776. The van der Waals surface area contributed by atoms with Crippen molar-refractivity contribution in [2.75, 3.05) is 56.0 Å². The molecule has 0 unspecified atom stereocenters. The van der Waals surface area contributed by atoms with Crippen molar-refractivity contribution in [2.24, 2.45) is 5.41 Å². The van der Waals surface area contributed by atoms with Crippen LogP contribution in [0.4, 0.5) is 11.4 Å². The number of carboxylic acids is 1. The normalized spacial score (nSPS) is 15.0. The Morgan fingerprint density at radius 1 is 1.07 bits per heavy atom. The summed E-state index contributed by atoms with van der Waals surface area (Å²) in [6, 6.07) is 5.09. The van der Waals surface area contributed by atoms with Gasteiger partial charge in [0.1, 0.15) is 0 Å². The molecule has 0 aromatic heterocycles. The molecule has 1 aromatic rings. The van der Waals surface area contributed by atoms with Gasteiger partial charge in [-0.2, -0.15) is 0 Å². The molecule has 2 amide bonds. The van der Waals surface area contributed by atoms with Crippen LogP contribution in [-0.4, -0.2) is 78.5 Å². The van der Waals surface area contributed by atoms with E-state index in [9.17, 15) is 19.5 Å². The largest absolute Gasteiger partial charge is 0.478 e. The third-order valence-corrected chi connectivity index (χ3v) is 5.38. The van der Waals surface area contributed by atoms with Crippen LogP contribution in [0.2, 0.25) is 0 Å². The van der Waals surface area contributed by atoms with E-state index in [-0.39, 0.29) is 17.4 Å². The van der Waals surface area contributed by atoms with E-state index >= 15 is 0 Å². The van der Waals surface area contributed by atoms with Gasteiger partial charge in [-0.15, -0.1) is 0 Å². The van der Waals surface area contributed by atoms with E-state index in [0.29, 0.717) is 38.4 Å². The standard InChI is InChI=1S/C22H34N4O4/c1-6-25(7-2)19(27)15-24-10-12-26(13-11-24)16-8-9-18(17(14-16)20(28)29)23-21(30)22(3,4)5/h8-9,14H,6-7,10-13,15H2,1-5H3,(H,23,30)(H,28,29). The van der Waals surface area contributed by atoms with E-state index in [0.717, 1.165) is 18.8 Å². The van der Waals surface area contributed by atoms with E-state index in [1.807, 2.05) is 24.8 Å². The second-order valence-electron chi connectivity index (χ2n) is 8.57. The minimum Gasteiger partial charge on any atom is -0.478 e. The molecule has 0 saturated carbocycles. The molecule has 1 fully saturated rings. The number of anilines is 2. The van der Waals surface area contributed by atoms with E-state index in [1.165, 1.54) is 0 Å². The van der Waals surface area contributed by atoms with Crippen LogP contribution in [0.1, 0.15) is 45.0 Å². The van der Waals surface area contributed by atoms with E-state index in [1.54, 1.807) is 32.9 Å². The molecule has 0 spiro atoms. The lowest BCUT2D eigenvalue weighted by atomic mass is 9.95. The average Bonchev–Trinajstić information content (AvgIpc) is 2.69. The predicted octanol–water partition coefficient (Wildman–Crippen LogP) is 2.36. The molecular weight excluding hydrogens is 384 g/mol. The Balaban J connectivity index is 2.05. The molecule has 1 aliphatic heterocycles. The Labute approximate surface area is 178 Å². The highest BCUT2D eigenvalue weighted by atomic mass is 16.4. The van der Waals surface area contributed by atoms with Crippen LogP contribution in [0.15, 0.2) is 18.2 Å². The zero-order chi connectivity index (χ0) is 22.5. The van der Waals surface area contributed by atoms with Crippen molar-refractivity contribution in [1.82, 2.24) is 9.80 Å². The minimum absolute atomic E-state index is 0.0734. The van der Waals surface area contributed by atoms with Gasteiger partial charge in [0.15, 0.2) is 0 Å². The summed E-state index contributed by atoms with van der Waals surface area (Å²) in [6.45, 7) is 14.0. The number of carbonyl (C=O) groups is 3. The molecule has 2 N–H and O–H groups in total. The number of nitrogens with one attached hydrogen (secondary N) is 1. The number of carboxylic acid groups (broad SMARTS) is 1. The van der Waals surface area contributed by atoms with Crippen molar-refractivity contribution < 1.29 is 19.5 Å². The van der Waals surface area contributed by atoms with Crippen molar-refractivity contribution in [1.29, 1.82) is 0 Å². The monoisotopic (exact) mass is 418 g/mol. The number of rotatable bonds is 7. The molecule has 0 atom stereocenters. The maximum atomic E-state index is 12.3. The number of amides is 2. The maximum Gasteiger partial charge on any atom is 0.337 e. The number of benzene rings is 1. The van der Waals surface area contributed by atoms with Crippen LogP contribution in [0.25, 0.3) is 0 Å². The predicted molar refractivity (Wildman–Crippen MR) is 118 cm³/mol. The number of likely N-dealkylation sites (N-methyl/N-ethyl adjacent to an activating group) is 1. The zero-order valence-corrected chi connectivity index (χ0v) is 18.7. The quantitative estimate of drug-likeness (QED) is 0.706. The van der Waals surface area contributed by atoms with Crippen molar-refractivity contribution >= 4 is 29.2 Å². The smallest absolute Gasteiger partial charge is 0.337 e. The molecule has 1 saturated heterocycles. The van der Waals surface area contributed by atoms with Crippen LogP contribution < -0.4 is 10.2 Å². The summed E-state index contributed by atoms with van der Waals surface area (Å²) in [6.07, 6.45) is 0. The number of nitrogens with zero attached hydrogens (tertiary/aromatic N) is 3. The van der Waals surface area contributed by atoms with Crippen LogP contribution in [-0.2, 0) is 9.59 Å². The third-order valence-electron chi connectivity index (χ3n) is 5.38. The fourth-order valence-electron chi connectivity index (χ4n) is 3.36. The molecule has 0 radical (unpaired) electrons. The number of hydrogen-bond donors (Lipinski definition) is 2. The Morgan fingerprint density at radius 3 is 2.17 bits per heavy atom. The lowest BCUT2D eigenvalue weighted by Crippen LogP contribution is -2.50. The first-order valence-corrected chi connectivity index (χ1v) is 10.5. The van der Waals surface area contributed by atoms with Gasteiger partial charge in [-0.05, 0) is 32.0 Å². The lowest BCUT2D eigenvalue weighted by Gasteiger charge is -2.36. The van der Waals surface area contributed by atoms with E-state index in [2.05, 4.69) is 15.1 Å². The van der Waals surface area contributed by atoms with Crippen molar-refractivity contribution in [3.05, 3.63) is 23.8 Å². The summed E-state index contributed by atoms with van der Waals surface area (Å²) >= 11 is 0. The molecule has 1 aliphatic rings. The fraction of sp³-hybridized carbons (Fsp3) is 0.591. The fourth-order valence-corrected chi connectivity index (χ4v) is 3.36. The second-order valence-corrected chi connectivity index (χ2v) is 8.57. The van der Waals surface area contributed by atoms with E-state index in [4.69, 9.17) is 0 Å². The van der Waals surface area contributed by atoms with Crippen LogP contribution in [0.5, 0.6) is 0 Å². The van der Waals surface area contributed by atoms with Gasteiger partial charge in [-0.1, -0.05) is 20.8 Å². The van der Waals surface area contributed by atoms with Crippen LogP contribution in [0.3, 0.4) is 0 Å². The average molecular weight is 419 g/mol. The van der Waals surface area contributed by atoms with Crippen LogP contribution >= 0.6 is 0 Å². The number of piperazine rings is 1. The summed E-state index contributed by atoms with van der Waals surface area (Å²) in [7, 11) is 0. The van der Waals surface area contributed by atoms with Gasteiger partial charge in [0.05, 0.1) is 17.8 Å². The molecule has 8 nitrogen and oxygen atoms in total. The maximum absolute atomic E-state index is 12.3. The van der Waals surface area contributed by atoms with Gasteiger partial charge in [-0.3, -0.25) is 14.5 Å². The molecule has 166 valence electrons. The molecule has 2 rings (SSSR count). The van der Waals surface area contributed by atoms with Crippen molar-refractivity contribution in [3.8, 4) is 0 Å². The first-order chi connectivity index (χ1) is 14.1. The topological polar surface area (TPSA) is 93.2 Å². The molecule has 1 aromatic carbocycles. The summed E-state index contributed by atoms with van der Waals surface area (Å²) in [5, 5.41) is 12.3.